The van der Waals surface area contributed by atoms with Gasteiger partial charge in [-0.25, -0.2) is 4.98 Å². The second kappa shape index (κ2) is 6.24. The lowest BCUT2D eigenvalue weighted by molar-refractivity contribution is 0.0713. The summed E-state index contributed by atoms with van der Waals surface area (Å²) in [5, 5.41) is 1.19. The molecular weight excluding hydrogens is 314 g/mol. The Labute approximate surface area is 146 Å². The normalized spacial score (nSPS) is 15.0. The van der Waals surface area contributed by atoms with Gasteiger partial charge in [0, 0.05) is 31.6 Å². The van der Waals surface area contributed by atoms with Crippen LogP contribution in [0.4, 0.5) is 5.82 Å². The summed E-state index contributed by atoms with van der Waals surface area (Å²) in [5.41, 5.74) is 2.24. The fraction of sp³-hybridized carbons (Fsp3) is 0.300. The van der Waals surface area contributed by atoms with Gasteiger partial charge in [-0.15, -0.1) is 0 Å². The number of hydrogen-bond donors (Lipinski definition) is 0. The summed E-state index contributed by atoms with van der Waals surface area (Å²) in [6.07, 6.45) is 0. The number of amides is 1. The molecule has 1 aliphatic heterocycles. The number of carbonyl (C=O) groups excluding carboxylic acids is 1. The topological polar surface area (TPSA) is 49.6 Å². The van der Waals surface area contributed by atoms with Crippen LogP contribution in [-0.2, 0) is 0 Å². The summed E-state index contributed by atoms with van der Waals surface area (Å²) in [4.78, 5) is 21.4. The largest absolute Gasteiger partial charge is 0.456 e. The predicted molar refractivity (Wildman–Crippen MR) is 98.0 cm³/mol. The highest BCUT2D eigenvalue weighted by molar-refractivity contribution is 5.91. The number of nitrogens with zero attached hydrogens (tertiary/aromatic N) is 3. The number of furan rings is 1. The molecule has 2 aromatic heterocycles. The molecule has 0 spiro atoms. The summed E-state index contributed by atoms with van der Waals surface area (Å²) in [6, 6.07) is 13.9. The van der Waals surface area contributed by atoms with E-state index in [1.807, 2.05) is 36.1 Å². The van der Waals surface area contributed by atoms with Crippen LogP contribution in [-0.4, -0.2) is 42.0 Å². The first-order valence-corrected chi connectivity index (χ1v) is 8.59. The van der Waals surface area contributed by atoms with E-state index < -0.39 is 0 Å². The Morgan fingerprint density at radius 2 is 1.80 bits per heavy atom. The Morgan fingerprint density at radius 3 is 2.52 bits per heavy atom. The molecule has 128 valence electrons. The van der Waals surface area contributed by atoms with E-state index in [2.05, 4.69) is 24.0 Å². The van der Waals surface area contributed by atoms with Gasteiger partial charge < -0.3 is 14.2 Å². The Morgan fingerprint density at radius 1 is 1.04 bits per heavy atom. The van der Waals surface area contributed by atoms with Crippen molar-refractivity contribution in [2.24, 2.45) is 0 Å². The molecule has 1 amide bonds. The second-order valence-corrected chi connectivity index (χ2v) is 6.50. The molecular formula is C20H21N3O2. The van der Waals surface area contributed by atoms with E-state index >= 15 is 0 Å². The minimum absolute atomic E-state index is 0.0320. The van der Waals surface area contributed by atoms with Crippen molar-refractivity contribution in [1.82, 2.24) is 9.88 Å². The monoisotopic (exact) mass is 335 g/mol. The Balaban J connectivity index is 1.49. The molecule has 0 unspecified atom stereocenters. The lowest BCUT2D eigenvalue weighted by Gasteiger charge is -2.35. The standard InChI is InChI=1S/C20H21N3O2/c1-14-13-19(21-17-6-4-3-5-16(14)17)22-9-11-23(12-10-22)20(24)18-8-7-15(2)25-18/h3-8,13H,9-12H2,1-2H3. The minimum Gasteiger partial charge on any atom is -0.456 e. The number of aryl methyl sites for hydroxylation is 2. The highest BCUT2D eigenvalue weighted by Gasteiger charge is 2.24. The van der Waals surface area contributed by atoms with Gasteiger partial charge in [-0.1, -0.05) is 18.2 Å². The number of fused-ring (bicyclic) bond motifs is 1. The zero-order valence-corrected chi connectivity index (χ0v) is 14.5. The molecule has 0 saturated carbocycles. The molecule has 1 saturated heterocycles. The van der Waals surface area contributed by atoms with Crippen molar-refractivity contribution in [3.05, 3.63) is 59.5 Å². The molecule has 0 radical (unpaired) electrons. The van der Waals surface area contributed by atoms with Crippen LogP contribution in [0.5, 0.6) is 0 Å². The molecule has 1 aliphatic rings. The van der Waals surface area contributed by atoms with Crippen LogP contribution in [0.3, 0.4) is 0 Å². The molecule has 0 N–H and O–H groups in total. The van der Waals surface area contributed by atoms with E-state index in [-0.39, 0.29) is 5.91 Å². The van der Waals surface area contributed by atoms with Crippen LogP contribution in [0.2, 0.25) is 0 Å². The number of aromatic nitrogens is 1. The van der Waals surface area contributed by atoms with Gasteiger partial charge in [-0.3, -0.25) is 4.79 Å². The van der Waals surface area contributed by atoms with E-state index in [4.69, 9.17) is 9.40 Å². The van der Waals surface area contributed by atoms with Gasteiger partial charge in [0.05, 0.1) is 5.52 Å². The van der Waals surface area contributed by atoms with Crippen LogP contribution < -0.4 is 4.90 Å². The molecule has 1 fully saturated rings. The van der Waals surface area contributed by atoms with Crippen LogP contribution in [0.25, 0.3) is 10.9 Å². The zero-order valence-electron chi connectivity index (χ0n) is 14.5. The van der Waals surface area contributed by atoms with Crippen molar-refractivity contribution in [2.45, 2.75) is 13.8 Å². The van der Waals surface area contributed by atoms with Gasteiger partial charge >= 0.3 is 0 Å². The first-order valence-electron chi connectivity index (χ1n) is 8.59. The van der Waals surface area contributed by atoms with Gasteiger partial charge in [0.25, 0.3) is 5.91 Å². The van der Waals surface area contributed by atoms with E-state index in [1.165, 1.54) is 10.9 Å². The van der Waals surface area contributed by atoms with Gasteiger partial charge in [0.15, 0.2) is 5.76 Å². The second-order valence-electron chi connectivity index (χ2n) is 6.50. The molecule has 5 heteroatoms. The average Bonchev–Trinajstić information content (AvgIpc) is 3.07. The summed E-state index contributed by atoms with van der Waals surface area (Å²) in [5.74, 6) is 2.14. The van der Waals surface area contributed by atoms with Crippen molar-refractivity contribution in [3.63, 3.8) is 0 Å². The molecule has 4 rings (SSSR count). The average molecular weight is 335 g/mol. The fourth-order valence-corrected chi connectivity index (χ4v) is 3.34. The maximum atomic E-state index is 12.5. The maximum Gasteiger partial charge on any atom is 0.289 e. The van der Waals surface area contributed by atoms with Gasteiger partial charge in [-0.2, -0.15) is 0 Å². The van der Waals surface area contributed by atoms with Gasteiger partial charge in [0.2, 0.25) is 0 Å². The number of hydrogen-bond acceptors (Lipinski definition) is 4. The zero-order chi connectivity index (χ0) is 17.4. The number of rotatable bonds is 2. The third-order valence-electron chi connectivity index (χ3n) is 4.75. The van der Waals surface area contributed by atoms with Crippen LogP contribution >= 0.6 is 0 Å². The summed E-state index contributed by atoms with van der Waals surface area (Å²) in [6.45, 7) is 6.86. The van der Waals surface area contributed by atoms with E-state index in [0.29, 0.717) is 18.8 Å². The van der Waals surface area contributed by atoms with Gasteiger partial charge in [-0.05, 0) is 43.7 Å². The number of anilines is 1. The molecule has 0 bridgehead atoms. The van der Waals surface area contributed by atoms with Crippen molar-refractivity contribution in [1.29, 1.82) is 0 Å². The van der Waals surface area contributed by atoms with E-state index in [0.717, 1.165) is 30.2 Å². The number of para-hydroxylation sites is 1. The summed E-state index contributed by atoms with van der Waals surface area (Å²) < 4.78 is 5.46. The van der Waals surface area contributed by atoms with E-state index in [9.17, 15) is 4.79 Å². The first kappa shape index (κ1) is 15.7. The number of carbonyl (C=O) groups is 1. The smallest absolute Gasteiger partial charge is 0.289 e. The van der Waals surface area contributed by atoms with Crippen molar-refractivity contribution >= 4 is 22.6 Å². The molecule has 3 heterocycles. The molecule has 0 atom stereocenters. The minimum atomic E-state index is -0.0320. The van der Waals surface area contributed by atoms with Crippen molar-refractivity contribution < 1.29 is 9.21 Å². The lowest BCUT2D eigenvalue weighted by atomic mass is 10.1. The van der Waals surface area contributed by atoms with Crippen LogP contribution in [0.15, 0.2) is 46.9 Å². The van der Waals surface area contributed by atoms with Gasteiger partial charge in [0.1, 0.15) is 11.6 Å². The molecule has 0 aliphatic carbocycles. The molecule has 5 nitrogen and oxygen atoms in total. The first-order chi connectivity index (χ1) is 12.1. The van der Waals surface area contributed by atoms with Crippen LogP contribution in [0.1, 0.15) is 21.9 Å². The lowest BCUT2D eigenvalue weighted by Crippen LogP contribution is -2.49. The molecule has 1 aromatic carbocycles. The summed E-state index contributed by atoms with van der Waals surface area (Å²) in [7, 11) is 0. The quantitative estimate of drug-likeness (QED) is 0.720. The Kier molecular flexibility index (Phi) is 3.92. The van der Waals surface area contributed by atoms with E-state index in [1.54, 1.807) is 6.07 Å². The fourth-order valence-electron chi connectivity index (χ4n) is 3.34. The number of benzene rings is 1. The third-order valence-corrected chi connectivity index (χ3v) is 4.75. The highest BCUT2D eigenvalue weighted by Crippen LogP contribution is 2.23. The predicted octanol–water partition coefficient (Wildman–Crippen LogP) is 3.41. The SMILES string of the molecule is Cc1ccc(C(=O)N2CCN(c3cc(C)c4ccccc4n3)CC2)o1. The molecule has 3 aromatic rings. The number of piperazine rings is 1. The van der Waals surface area contributed by atoms with Crippen molar-refractivity contribution in [3.8, 4) is 0 Å². The Hall–Kier alpha value is -2.82. The third kappa shape index (κ3) is 2.97. The Bertz CT molecular complexity index is 924. The number of pyridine rings is 1. The maximum absolute atomic E-state index is 12.5. The summed E-state index contributed by atoms with van der Waals surface area (Å²) >= 11 is 0. The highest BCUT2D eigenvalue weighted by atomic mass is 16.3. The molecule has 25 heavy (non-hydrogen) atoms. The van der Waals surface area contributed by atoms with Crippen molar-refractivity contribution in [2.75, 3.05) is 31.1 Å². The van der Waals surface area contributed by atoms with Crippen LogP contribution in [0, 0.1) is 13.8 Å².